The number of benzene rings is 1. The van der Waals surface area contributed by atoms with Crippen LogP contribution in [0.4, 0.5) is 10.5 Å². The molecule has 1 saturated heterocycles. The predicted molar refractivity (Wildman–Crippen MR) is 86.3 cm³/mol. The average Bonchev–Trinajstić information content (AvgIpc) is 2.54. The molecule has 1 aliphatic rings. The molecule has 5 nitrogen and oxygen atoms in total. The Bertz CT molecular complexity index is 450. The molecule has 1 heterocycles. The van der Waals surface area contributed by atoms with Crippen LogP contribution in [0.25, 0.3) is 0 Å². The van der Waals surface area contributed by atoms with Gasteiger partial charge < -0.3 is 19.7 Å². The maximum Gasteiger partial charge on any atom is 0.322 e. The van der Waals surface area contributed by atoms with E-state index in [-0.39, 0.29) is 6.03 Å². The summed E-state index contributed by atoms with van der Waals surface area (Å²) in [5.41, 5.74) is 0.721. The molecule has 1 fully saturated rings. The number of nitrogens with zero attached hydrogens (tertiary/aromatic N) is 1. The van der Waals surface area contributed by atoms with E-state index in [0.717, 1.165) is 36.7 Å². The molecular formula is C15H22N2O3S. The van der Waals surface area contributed by atoms with Crippen LogP contribution in [-0.2, 0) is 4.74 Å². The standard InChI is InChI=1S/C15H22N2O3S/c1-19-9-4-10-20-14-6-3-2-5-13(14)16-15(18)17-7-11-21-12-8-17/h2-3,5-6H,4,7-12H2,1H3,(H,16,18). The molecule has 6 heteroatoms. The van der Waals surface area contributed by atoms with E-state index in [1.54, 1.807) is 7.11 Å². The van der Waals surface area contributed by atoms with Gasteiger partial charge in [-0.3, -0.25) is 0 Å². The highest BCUT2D eigenvalue weighted by Crippen LogP contribution is 2.24. The maximum atomic E-state index is 12.2. The van der Waals surface area contributed by atoms with Gasteiger partial charge in [0.05, 0.1) is 12.3 Å². The fourth-order valence-corrected chi connectivity index (χ4v) is 2.94. The largest absolute Gasteiger partial charge is 0.491 e. The number of thioether (sulfide) groups is 1. The minimum atomic E-state index is -0.0526. The maximum absolute atomic E-state index is 12.2. The molecule has 1 aromatic carbocycles. The molecule has 0 radical (unpaired) electrons. The van der Waals surface area contributed by atoms with Crippen LogP contribution < -0.4 is 10.1 Å². The van der Waals surface area contributed by atoms with E-state index in [9.17, 15) is 4.79 Å². The third kappa shape index (κ3) is 5.13. The quantitative estimate of drug-likeness (QED) is 0.821. The highest BCUT2D eigenvalue weighted by Gasteiger charge is 2.17. The van der Waals surface area contributed by atoms with Crippen LogP contribution in [0, 0.1) is 0 Å². The van der Waals surface area contributed by atoms with Crippen molar-refractivity contribution in [1.29, 1.82) is 0 Å². The monoisotopic (exact) mass is 310 g/mol. The summed E-state index contributed by atoms with van der Waals surface area (Å²) in [6.45, 7) is 2.84. The summed E-state index contributed by atoms with van der Waals surface area (Å²) in [7, 11) is 1.67. The summed E-state index contributed by atoms with van der Waals surface area (Å²) in [5, 5.41) is 2.94. The van der Waals surface area contributed by atoms with Crippen molar-refractivity contribution in [3.05, 3.63) is 24.3 Å². The van der Waals surface area contributed by atoms with Gasteiger partial charge in [0.2, 0.25) is 0 Å². The molecule has 2 amide bonds. The number of carbonyl (C=O) groups excluding carboxylic acids is 1. The van der Waals surface area contributed by atoms with Crippen LogP contribution in [0.15, 0.2) is 24.3 Å². The van der Waals surface area contributed by atoms with E-state index < -0.39 is 0 Å². The van der Waals surface area contributed by atoms with Crippen molar-refractivity contribution in [3.8, 4) is 5.75 Å². The SMILES string of the molecule is COCCCOc1ccccc1NC(=O)N1CCSCC1. The lowest BCUT2D eigenvalue weighted by Gasteiger charge is -2.26. The fraction of sp³-hybridized carbons (Fsp3) is 0.533. The number of ether oxygens (including phenoxy) is 2. The molecule has 0 aromatic heterocycles. The molecule has 0 saturated carbocycles. The van der Waals surface area contributed by atoms with E-state index >= 15 is 0 Å². The van der Waals surface area contributed by atoms with Gasteiger partial charge in [0.1, 0.15) is 5.75 Å². The van der Waals surface area contributed by atoms with Gasteiger partial charge in [0.15, 0.2) is 0 Å². The second-order valence-corrected chi connectivity index (χ2v) is 5.95. The number of hydrogen-bond donors (Lipinski definition) is 1. The van der Waals surface area contributed by atoms with Gasteiger partial charge in [0.25, 0.3) is 0 Å². The number of rotatable bonds is 6. The zero-order chi connectivity index (χ0) is 14.9. The minimum Gasteiger partial charge on any atom is -0.491 e. The number of anilines is 1. The number of nitrogens with one attached hydrogen (secondary N) is 1. The van der Waals surface area contributed by atoms with Crippen molar-refractivity contribution >= 4 is 23.5 Å². The van der Waals surface area contributed by atoms with Gasteiger partial charge in [-0.15, -0.1) is 0 Å². The summed E-state index contributed by atoms with van der Waals surface area (Å²) in [5.74, 6) is 2.71. The third-order valence-corrected chi connectivity index (χ3v) is 4.12. The molecular weight excluding hydrogens is 288 g/mol. The Morgan fingerprint density at radius 3 is 2.81 bits per heavy atom. The average molecular weight is 310 g/mol. The van der Waals surface area contributed by atoms with Crippen molar-refractivity contribution in [2.24, 2.45) is 0 Å². The van der Waals surface area contributed by atoms with E-state index in [1.165, 1.54) is 0 Å². The lowest BCUT2D eigenvalue weighted by molar-refractivity contribution is 0.172. The second-order valence-electron chi connectivity index (χ2n) is 4.72. The van der Waals surface area contributed by atoms with Gasteiger partial charge in [-0.05, 0) is 12.1 Å². The smallest absolute Gasteiger partial charge is 0.322 e. The van der Waals surface area contributed by atoms with Gasteiger partial charge >= 0.3 is 6.03 Å². The summed E-state index contributed by atoms with van der Waals surface area (Å²) in [4.78, 5) is 14.1. The van der Waals surface area contributed by atoms with Crippen LogP contribution in [0.3, 0.4) is 0 Å². The lowest BCUT2D eigenvalue weighted by Crippen LogP contribution is -2.40. The third-order valence-electron chi connectivity index (χ3n) is 3.18. The zero-order valence-corrected chi connectivity index (χ0v) is 13.2. The van der Waals surface area contributed by atoms with Gasteiger partial charge in [-0.25, -0.2) is 4.79 Å². The molecule has 0 aliphatic carbocycles. The van der Waals surface area contributed by atoms with Crippen molar-refractivity contribution < 1.29 is 14.3 Å². The summed E-state index contributed by atoms with van der Waals surface area (Å²) < 4.78 is 10.7. The van der Waals surface area contributed by atoms with E-state index in [1.807, 2.05) is 40.9 Å². The minimum absolute atomic E-state index is 0.0526. The first-order valence-electron chi connectivity index (χ1n) is 7.15. The van der Waals surface area contributed by atoms with Crippen LogP contribution >= 0.6 is 11.8 Å². The van der Waals surface area contributed by atoms with Gasteiger partial charge in [-0.2, -0.15) is 11.8 Å². The summed E-state index contributed by atoms with van der Waals surface area (Å²) >= 11 is 1.88. The van der Waals surface area contributed by atoms with Gasteiger partial charge in [0, 0.05) is 44.7 Å². The number of hydrogen-bond acceptors (Lipinski definition) is 4. The van der Waals surface area contributed by atoms with Crippen molar-refractivity contribution in [1.82, 2.24) is 4.90 Å². The fourth-order valence-electron chi connectivity index (χ4n) is 2.04. The second kappa shape index (κ2) is 8.79. The topological polar surface area (TPSA) is 50.8 Å². The Labute approximate surface area is 130 Å². The lowest BCUT2D eigenvalue weighted by atomic mass is 10.3. The Kier molecular flexibility index (Phi) is 6.69. The van der Waals surface area contributed by atoms with Crippen molar-refractivity contribution in [2.75, 3.05) is 50.2 Å². The van der Waals surface area contributed by atoms with Crippen molar-refractivity contribution in [3.63, 3.8) is 0 Å². The van der Waals surface area contributed by atoms with Crippen molar-refractivity contribution in [2.45, 2.75) is 6.42 Å². The Hall–Kier alpha value is -1.40. The normalized spacial score (nSPS) is 14.8. The number of amides is 2. The van der Waals surface area contributed by atoms with Crippen LogP contribution in [0.2, 0.25) is 0 Å². The summed E-state index contributed by atoms with van der Waals surface area (Å²) in [6, 6.07) is 7.47. The van der Waals surface area contributed by atoms with E-state index in [0.29, 0.717) is 19.0 Å². The van der Waals surface area contributed by atoms with Crippen LogP contribution in [0.5, 0.6) is 5.75 Å². The molecule has 1 N–H and O–H groups in total. The molecule has 0 spiro atoms. The molecule has 116 valence electrons. The first-order valence-corrected chi connectivity index (χ1v) is 8.31. The molecule has 0 unspecified atom stereocenters. The predicted octanol–water partition coefficient (Wildman–Crippen LogP) is 2.68. The number of methoxy groups -OCH3 is 1. The molecule has 21 heavy (non-hydrogen) atoms. The van der Waals surface area contributed by atoms with Crippen LogP contribution in [-0.4, -0.2) is 55.8 Å². The Morgan fingerprint density at radius 1 is 1.29 bits per heavy atom. The first kappa shape index (κ1) is 16.0. The molecule has 1 aromatic rings. The molecule has 0 atom stereocenters. The summed E-state index contributed by atoms with van der Waals surface area (Å²) in [6.07, 6.45) is 0.822. The molecule has 0 bridgehead atoms. The number of urea groups is 1. The highest BCUT2D eigenvalue weighted by atomic mass is 32.2. The van der Waals surface area contributed by atoms with Gasteiger partial charge in [-0.1, -0.05) is 12.1 Å². The Morgan fingerprint density at radius 2 is 2.05 bits per heavy atom. The van der Waals surface area contributed by atoms with E-state index in [2.05, 4.69) is 5.32 Å². The first-order chi connectivity index (χ1) is 10.3. The molecule has 1 aliphatic heterocycles. The highest BCUT2D eigenvalue weighted by molar-refractivity contribution is 7.99. The number of carbonyl (C=O) groups is 1. The molecule has 2 rings (SSSR count). The Balaban J connectivity index is 1.90. The zero-order valence-electron chi connectivity index (χ0n) is 12.3. The van der Waals surface area contributed by atoms with Crippen LogP contribution in [0.1, 0.15) is 6.42 Å². The van der Waals surface area contributed by atoms with E-state index in [4.69, 9.17) is 9.47 Å². The number of para-hydroxylation sites is 2.